The Morgan fingerprint density at radius 3 is 2.67 bits per heavy atom. The summed E-state index contributed by atoms with van der Waals surface area (Å²) in [4.78, 5) is 4.44. The van der Waals surface area contributed by atoms with Crippen molar-refractivity contribution < 1.29 is 0 Å². The molecule has 0 fully saturated rings. The normalized spacial score (nSPS) is 15.2. The molecule has 0 saturated heterocycles. The van der Waals surface area contributed by atoms with Crippen molar-refractivity contribution in [3.8, 4) is 0 Å². The van der Waals surface area contributed by atoms with Gasteiger partial charge in [0.05, 0.1) is 6.04 Å². The number of rotatable bonds is 6. The van der Waals surface area contributed by atoms with Gasteiger partial charge in [-0.05, 0) is 18.9 Å². The molecule has 0 radical (unpaired) electrons. The van der Waals surface area contributed by atoms with Gasteiger partial charge in [0.15, 0.2) is 0 Å². The smallest absolute Gasteiger partial charge is 0.125 e. The zero-order chi connectivity index (χ0) is 11.3. The van der Waals surface area contributed by atoms with Crippen LogP contribution in [0.15, 0.2) is 12.4 Å². The van der Waals surface area contributed by atoms with E-state index >= 15 is 0 Å². The highest BCUT2D eigenvalue weighted by Crippen LogP contribution is 2.22. The highest BCUT2D eigenvalue weighted by molar-refractivity contribution is 5.00. The van der Waals surface area contributed by atoms with E-state index in [1.54, 1.807) is 0 Å². The van der Waals surface area contributed by atoms with Gasteiger partial charge in [-0.2, -0.15) is 0 Å². The summed E-state index contributed by atoms with van der Waals surface area (Å²) < 4.78 is 2.11. The van der Waals surface area contributed by atoms with Crippen molar-refractivity contribution in [1.82, 2.24) is 14.9 Å². The molecule has 0 saturated carbocycles. The summed E-state index contributed by atoms with van der Waals surface area (Å²) in [6.07, 6.45) is 6.22. The van der Waals surface area contributed by atoms with E-state index in [-0.39, 0.29) is 0 Å². The van der Waals surface area contributed by atoms with Crippen molar-refractivity contribution in [3.63, 3.8) is 0 Å². The molecule has 0 aliphatic carbocycles. The van der Waals surface area contributed by atoms with E-state index in [0.717, 1.165) is 18.8 Å². The quantitative estimate of drug-likeness (QED) is 0.780. The number of hydrogen-bond acceptors (Lipinski definition) is 2. The predicted octanol–water partition coefficient (Wildman–Crippen LogP) is 2.51. The lowest BCUT2D eigenvalue weighted by Crippen LogP contribution is -2.29. The van der Waals surface area contributed by atoms with Crippen LogP contribution in [0.2, 0.25) is 0 Å². The standard InChI is InChI=1S/C12H23N3/c1-5-7-13-11(10(3)6-2)12-14-8-9-15(12)4/h8-11,13H,5-7H2,1-4H3. The van der Waals surface area contributed by atoms with Crippen LogP contribution in [0, 0.1) is 5.92 Å². The second-order valence-corrected chi connectivity index (χ2v) is 4.21. The Labute approximate surface area is 92.9 Å². The Hall–Kier alpha value is -0.830. The van der Waals surface area contributed by atoms with Crippen molar-refractivity contribution in [2.75, 3.05) is 6.54 Å². The lowest BCUT2D eigenvalue weighted by Gasteiger charge is -2.23. The summed E-state index contributed by atoms with van der Waals surface area (Å²) >= 11 is 0. The minimum absolute atomic E-state index is 0.384. The largest absolute Gasteiger partial charge is 0.337 e. The van der Waals surface area contributed by atoms with Crippen LogP contribution in [0.1, 0.15) is 45.5 Å². The van der Waals surface area contributed by atoms with Gasteiger partial charge in [-0.3, -0.25) is 0 Å². The molecule has 0 spiro atoms. The fourth-order valence-corrected chi connectivity index (χ4v) is 1.76. The maximum Gasteiger partial charge on any atom is 0.125 e. The summed E-state index contributed by atoms with van der Waals surface area (Å²) in [5.41, 5.74) is 0. The SMILES string of the molecule is CCCNC(c1nccn1C)C(C)CC. The molecule has 1 rings (SSSR count). The molecule has 2 atom stereocenters. The Kier molecular flexibility index (Phi) is 4.82. The van der Waals surface area contributed by atoms with E-state index in [9.17, 15) is 0 Å². The van der Waals surface area contributed by atoms with Crippen LogP contribution in [0.5, 0.6) is 0 Å². The Morgan fingerprint density at radius 2 is 2.20 bits per heavy atom. The third-order valence-electron chi connectivity index (χ3n) is 2.96. The van der Waals surface area contributed by atoms with Crippen LogP contribution in [-0.2, 0) is 7.05 Å². The van der Waals surface area contributed by atoms with Gasteiger partial charge in [-0.25, -0.2) is 4.98 Å². The van der Waals surface area contributed by atoms with Crippen molar-refractivity contribution >= 4 is 0 Å². The first-order valence-electron chi connectivity index (χ1n) is 5.91. The fraction of sp³-hybridized carbons (Fsp3) is 0.750. The van der Waals surface area contributed by atoms with E-state index in [4.69, 9.17) is 0 Å². The average Bonchev–Trinajstić information content (AvgIpc) is 2.65. The molecule has 2 unspecified atom stereocenters. The summed E-state index contributed by atoms with van der Waals surface area (Å²) in [6.45, 7) is 7.76. The van der Waals surface area contributed by atoms with Crippen LogP contribution >= 0.6 is 0 Å². The van der Waals surface area contributed by atoms with Gasteiger partial charge in [0, 0.05) is 19.4 Å². The van der Waals surface area contributed by atoms with Crippen LogP contribution < -0.4 is 5.32 Å². The van der Waals surface area contributed by atoms with E-state index < -0.39 is 0 Å². The van der Waals surface area contributed by atoms with Crippen molar-refractivity contribution in [2.45, 2.75) is 39.7 Å². The molecule has 1 N–H and O–H groups in total. The minimum atomic E-state index is 0.384. The van der Waals surface area contributed by atoms with E-state index in [0.29, 0.717) is 12.0 Å². The van der Waals surface area contributed by atoms with Gasteiger partial charge in [-0.1, -0.05) is 27.2 Å². The highest BCUT2D eigenvalue weighted by atomic mass is 15.1. The first-order chi connectivity index (χ1) is 7.20. The third-order valence-corrected chi connectivity index (χ3v) is 2.96. The van der Waals surface area contributed by atoms with Gasteiger partial charge in [0.25, 0.3) is 0 Å². The highest BCUT2D eigenvalue weighted by Gasteiger charge is 2.20. The van der Waals surface area contributed by atoms with Crippen molar-refractivity contribution in [1.29, 1.82) is 0 Å². The van der Waals surface area contributed by atoms with Gasteiger partial charge in [0.1, 0.15) is 5.82 Å². The van der Waals surface area contributed by atoms with Crippen LogP contribution in [0.3, 0.4) is 0 Å². The topological polar surface area (TPSA) is 29.9 Å². The molecule has 3 heteroatoms. The van der Waals surface area contributed by atoms with E-state index in [1.807, 2.05) is 12.4 Å². The first-order valence-corrected chi connectivity index (χ1v) is 5.91. The molecule has 0 bridgehead atoms. The average molecular weight is 209 g/mol. The van der Waals surface area contributed by atoms with Crippen LogP contribution in [0.25, 0.3) is 0 Å². The summed E-state index contributed by atoms with van der Waals surface area (Å²) in [5.74, 6) is 1.77. The molecule has 1 aromatic heterocycles. The molecule has 1 aromatic rings. The van der Waals surface area contributed by atoms with E-state index in [2.05, 4.69) is 42.7 Å². The third kappa shape index (κ3) is 3.06. The second-order valence-electron chi connectivity index (χ2n) is 4.21. The molecule has 0 aromatic carbocycles. The lowest BCUT2D eigenvalue weighted by atomic mass is 9.98. The van der Waals surface area contributed by atoms with Crippen LogP contribution in [0.4, 0.5) is 0 Å². The zero-order valence-corrected chi connectivity index (χ0v) is 10.3. The Bertz CT molecular complexity index is 280. The van der Waals surface area contributed by atoms with Crippen LogP contribution in [-0.4, -0.2) is 16.1 Å². The summed E-state index contributed by atoms with van der Waals surface area (Å²) in [6, 6.07) is 0.384. The lowest BCUT2D eigenvalue weighted by molar-refractivity contribution is 0.355. The van der Waals surface area contributed by atoms with Gasteiger partial charge < -0.3 is 9.88 Å². The van der Waals surface area contributed by atoms with Gasteiger partial charge in [-0.15, -0.1) is 0 Å². The Balaban J connectivity index is 2.76. The molecular weight excluding hydrogens is 186 g/mol. The number of aromatic nitrogens is 2. The molecule has 0 amide bonds. The monoisotopic (exact) mass is 209 g/mol. The number of hydrogen-bond donors (Lipinski definition) is 1. The predicted molar refractivity (Wildman–Crippen MR) is 63.7 cm³/mol. The maximum atomic E-state index is 4.44. The molecule has 1 heterocycles. The molecule has 15 heavy (non-hydrogen) atoms. The van der Waals surface area contributed by atoms with Crippen molar-refractivity contribution in [2.24, 2.45) is 13.0 Å². The van der Waals surface area contributed by atoms with Gasteiger partial charge >= 0.3 is 0 Å². The minimum Gasteiger partial charge on any atom is -0.337 e. The number of imidazole rings is 1. The zero-order valence-electron chi connectivity index (χ0n) is 10.3. The van der Waals surface area contributed by atoms with Gasteiger partial charge in [0.2, 0.25) is 0 Å². The summed E-state index contributed by atoms with van der Waals surface area (Å²) in [5, 5.41) is 3.58. The number of aryl methyl sites for hydroxylation is 1. The number of nitrogens with zero attached hydrogens (tertiary/aromatic N) is 2. The maximum absolute atomic E-state index is 4.44. The fourth-order valence-electron chi connectivity index (χ4n) is 1.76. The molecule has 0 aliphatic rings. The first kappa shape index (κ1) is 12.2. The molecule has 3 nitrogen and oxygen atoms in total. The molecular formula is C12H23N3. The Morgan fingerprint density at radius 1 is 1.47 bits per heavy atom. The van der Waals surface area contributed by atoms with E-state index in [1.165, 1.54) is 6.42 Å². The second kappa shape index (κ2) is 5.91. The number of nitrogens with one attached hydrogen (secondary N) is 1. The summed E-state index contributed by atoms with van der Waals surface area (Å²) in [7, 11) is 2.06. The molecule has 86 valence electrons. The van der Waals surface area contributed by atoms with Crippen molar-refractivity contribution in [3.05, 3.63) is 18.2 Å². The molecule has 0 aliphatic heterocycles.